The van der Waals surface area contributed by atoms with Gasteiger partial charge in [0.05, 0.1) is 12.1 Å². The lowest BCUT2D eigenvalue weighted by molar-refractivity contribution is 0.186. The van der Waals surface area contributed by atoms with Crippen molar-refractivity contribution >= 4 is 5.69 Å². The van der Waals surface area contributed by atoms with Gasteiger partial charge in [0.1, 0.15) is 5.82 Å². The molecule has 1 unspecified atom stereocenters. The number of halogens is 1. The lowest BCUT2D eigenvalue weighted by Crippen LogP contribution is -2.52. The van der Waals surface area contributed by atoms with E-state index < -0.39 is 0 Å². The Labute approximate surface area is 101 Å². The van der Waals surface area contributed by atoms with Crippen molar-refractivity contribution in [1.82, 2.24) is 5.32 Å². The summed E-state index contributed by atoms with van der Waals surface area (Å²) >= 11 is 0. The fourth-order valence-electron chi connectivity index (χ4n) is 2.21. The molecular weight excluding hydrogens is 219 g/mol. The number of aliphatic hydroxyl groups is 1. The topological polar surface area (TPSA) is 35.5 Å². The average molecular weight is 238 g/mol. The number of rotatable bonds is 4. The van der Waals surface area contributed by atoms with Crippen molar-refractivity contribution in [2.24, 2.45) is 0 Å². The Bertz CT molecular complexity index is 404. The second-order valence-corrected chi connectivity index (χ2v) is 4.91. The Morgan fingerprint density at radius 3 is 2.94 bits per heavy atom. The summed E-state index contributed by atoms with van der Waals surface area (Å²) in [5.74, 6) is -0.203. The zero-order valence-corrected chi connectivity index (χ0v) is 10.3. The monoisotopic (exact) mass is 238 g/mol. The van der Waals surface area contributed by atoms with Crippen LogP contribution in [0.2, 0.25) is 0 Å². The van der Waals surface area contributed by atoms with Crippen LogP contribution in [0.3, 0.4) is 0 Å². The van der Waals surface area contributed by atoms with Crippen molar-refractivity contribution in [3.63, 3.8) is 0 Å². The largest absolute Gasteiger partial charge is 0.394 e. The summed E-state index contributed by atoms with van der Waals surface area (Å²) in [6.07, 6.45) is 0.945. The summed E-state index contributed by atoms with van der Waals surface area (Å²) in [7, 11) is 1.83. The van der Waals surface area contributed by atoms with Gasteiger partial charge in [0.25, 0.3) is 0 Å². The van der Waals surface area contributed by atoms with E-state index in [-0.39, 0.29) is 18.0 Å². The fourth-order valence-corrected chi connectivity index (χ4v) is 2.21. The normalized spacial score (nSPS) is 18.0. The molecule has 0 amide bonds. The van der Waals surface area contributed by atoms with Gasteiger partial charge in [-0.25, -0.2) is 4.39 Å². The van der Waals surface area contributed by atoms with E-state index in [1.165, 1.54) is 11.6 Å². The highest BCUT2D eigenvalue weighted by Crippen LogP contribution is 2.29. The van der Waals surface area contributed by atoms with Crippen LogP contribution in [0.15, 0.2) is 18.2 Å². The third-order valence-electron chi connectivity index (χ3n) is 3.53. The second kappa shape index (κ2) is 4.63. The number of hydrogen-bond donors (Lipinski definition) is 2. The first-order valence-corrected chi connectivity index (χ1v) is 5.91. The Morgan fingerprint density at radius 2 is 2.29 bits per heavy atom. The summed E-state index contributed by atoms with van der Waals surface area (Å²) in [5, 5.41) is 12.5. The van der Waals surface area contributed by atoms with E-state index in [0.717, 1.165) is 18.7 Å². The Balaban J connectivity index is 2.19. The molecule has 0 radical (unpaired) electrons. The van der Waals surface area contributed by atoms with Crippen LogP contribution in [0.25, 0.3) is 0 Å². The standard InChI is InChI=1S/C13H19FN2O/c1-13(9-17,15-2)8-16-6-5-10-3-4-11(14)7-12(10)16/h3-4,7,15,17H,5-6,8-9H2,1-2H3. The number of nitrogens with one attached hydrogen (secondary N) is 1. The summed E-state index contributed by atoms with van der Waals surface area (Å²) in [6.45, 7) is 3.58. The molecular formula is C13H19FN2O. The molecule has 1 aliphatic rings. The summed E-state index contributed by atoms with van der Waals surface area (Å²) in [5.41, 5.74) is 1.79. The number of aliphatic hydroxyl groups excluding tert-OH is 1. The minimum absolute atomic E-state index is 0.0602. The highest BCUT2D eigenvalue weighted by atomic mass is 19.1. The van der Waals surface area contributed by atoms with Crippen molar-refractivity contribution in [2.75, 3.05) is 31.6 Å². The molecule has 2 rings (SSSR count). The Kier molecular flexibility index (Phi) is 3.35. The van der Waals surface area contributed by atoms with Gasteiger partial charge in [0.2, 0.25) is 0 Å². The molecule has 2 N–H and O–H groups in total. The first-order chi connectivity index (χ1) is 8.08. The Hall–Kier alpha value is -1.13. The molecule has 3 nitrogen and oxygen atoms in total. The molecule has 94 valence electrons. The molecule has 4 heteroatoms. The minimum atomic E-state index is -0.353. The molecule has 0 aromatic heterocycles. The SMILES string of the molecule is CNC(C)(CO)CN1CCc2ccc(F)cc21. The molecule has 0 bridgehead atoms. The third-order valence-corrected chi connectivity index (χ3v) is 3.53. The van der Waals surface area contributed by atoms with Crippen LogP contribution in [0.4, 0.5) is 10.1 Å². The predicted octanol–water partition coefficient (Wildman–Crippen LogP) is 1.16. The van der Waals surface area contributed by atoms with E-state index >= 15 is 0 Å². The zero-order chi connectivity index (χ0) is 12.5. The van der Waals surface area contributed by atoms with Gasteiger partial charge < -0.3 is 15.3 Å². The molecule has 0 spiro atoms. The van der Waals surface area contributed by atoms with E-state index in [9.17, 15) is 9.50 Å². The van der Waals surface area contributed by atoms with E-state index in [0.29, 0.717) is 6.54 Å². The van der Waals surface area contributed by atoms with Crippen LogP contribution in [0, 0.1) is 5.82 Å². The third kappa shape index (κ3) is 2.42. The molecule has 0 fully saturated rings. The van der Waals surface area contributed by atoms with Crippen LogP contribution >= 0.6 is 0 Å². The zero-order valence-electron chi connectivity index (χ0n) is 10.3. The first kappa shape index (κ1) is 12.3. The van der Waals surface area contributed by atoms with E-state index in [1.807, 2.05) is 20.0 Å². The fraction of sp³-hybridized carbons (Fsp3) is 0.538. The average Bonchev–Trinajstić information content (AvgIpc) is 2.72. The van der Waals surface area contributed by atoms with Gasteiger partial charge in [0, 0.05) is 18.8 Å². The van der Waals surface area contributed by atoms with Crippen LogP contribution in [-0.4, -0.2) is 37.4 Å². The summed E-state index contributed by atoms with van der Waals surface area (Å²) in [6, 6.07) is 4.93. The Morgan fingerprint density at radius 1 is 1.53 bits per heavy atom. The van der Waals surface area contributed by atoms with E-state index in [4.69, 9.17) is 0 Å². The highest BCUT2D eigenvalue weighted by Gasteiger charge is 2.28. The molecule has 1 aliphatic heterocycles. The lowest BCUT2D eigenvalue weighted by Gasteiger charge is -2.33. The molecule has 1 aromatic carbocycles. The number of fused-ring (bicyclic) bond motifs is 1. The van der Waals surface area contributed by atoms with E-state index in [2.05, 4.69) is 10.2 Å². The van der Waals surface area contributed by atoms with Crippen molar-refractivity contribution in [1.29, 1.82) is 0 Å². The maximum absolute atomic E-state index is 13.2. The quantitative estimate of drug-likeness (QED) is 0.826. The summed E-state index contributed by atoms with van der Waals surface area (Å²) < 4.78 is 13.2. The van der Waals surface area contributed by atoms with Gasteiger partial charge in [-0.1, -0.05) is 6.07 Å². The minimum Gasteiger partial charge on any atom is -0.394 e. The van der Waals surface area contributed by atoms with Gasteiger partial charge in [-0.15, -0.1) is 0 Å². The van der Waals surface area contributed by atoms with Gasteiger partial charge in [-0.2, -0.15) is 0 Å². The van der Waals surface area contributed by atoms with Crippen molar-refractivity contribution in [2.45, 2.75) is 18.9 Å². The maximum atomic E-state index is 13.2. The van der Waals surface area contributed by atoms with Crippen LogP contribution < -0.4 is 10.2 Å². The summed E-state index contributed by atoms with van der Waals surface area (Å²) in [4.78, 5) is 2.13. The molecule has 1 aromatic rings. The highest BCUT2D eigenvalue weighted by molar-refractivity contribution is 5.58. The molecule has 1 heterocycles. The van der Waals surface area contributed by atoms with Crippen LogP contribution in [0.5, 0.6) is 0 Å². The van der Waals surface area contributed by atoms with Gasteiger partial charge >= 0.3 is 0 Å². The van der Waals surface area contributed by atoms with Crippen molar-refractivity contribution in [3.05, 3.63) is 29.6 Å². The van der Waals surface area contributed by atoms with Crippen molar-refractivity contribution in [3.8, 4) is 0 Å². The maximum Gasteiger partial charge on any atom is 0.125 e. The molecule has 1 atom stereocenters. The smallest absolute Gasteiger partial charge is 0.125 e. The number of hydrogen-bond acceptors (Lipinski definition) is 3. The predicted molar refractivity (Wildman–Crippen MR) is 66.9 cm³/mol. The van der Waals surface area contributed by atoms with Crippen LogP contribution in [0.1, 0.15) is 12.5 Å². The molecule has 0 saturated heterocycles. The van der Waals surface area contributed by atoms with E-state index in [1.54, 1.807) is 6.07 Å². The van der Waals surface area contributed by atoms with Crippen molar-refractivity contribution < 1.29 is 9.50 Å². The number of likely N-dealkylation sites (N-methyl/N-ethyl adjacent to an activating group) is 1. The van der Waals surface area contributed by atoms with Gasteiger partial charge in [-0.05, 0) is 38.1 Å². The number of nitrogens with zero attached hydrogens (tertiary/aromatic N) is 1. The first-order valence-electron chi connectivity index (χ1n) is 5.91. The van der Waals surface area contributed by atoms with Crippen LogP contribution in [-0.2, 0) is 6.42 Å². The lowest BCUT2D eigenvalue weighted by atomic mass is 10.0. The molecule has 0 saturated carbocycles. The molecule has 0 aliphatic carbocycles. The number of anilines is 1. The molecule has 17 heavy (non-hydrogen) atoms. The number of benzene rings is 1. The van der Waals surface area contributed by atoms with Gasteiger partial charge in [-0.3, -0.25) is 0 Å². The second-order valence-electron chi connectivity index (χ2n) is 4.91. The van der Waals surface area contributed by atoms with Gasteiger partial charge in [0.15, 0.2) is 0 Å².